The molecule has 1 saturated heterocycles. The number of hydrogen-bond donors (Lipinski definition) is 0. The van der Waals surface area contributed by atoms with E-state index in [0.717, 1.165) is 18.5 Å². The molecule has 1 heterocycles. The summed E-state index contributed by atoms with van der Waals surface area (Å²) in [4.78, 5) is 13.4. The lowest BCUT2D eigenvalue weighted by atomic mass is 9.97. The van der Waals surface area contributed by atoms with E-state index in [0.29, 0.717) is 18.8 Å². The summed E-state index contributed by atoms with van der Waals surface area (Å²) in [5.74, 6) is 0.982. The Hall–Kier alpha value is -1.58. The number of piperidine rings is 1. The Morgan fingerprint density at radius 1 is 1.45 bits per heavy atom. The van der Waals surface area contributed by atoms with Gasteiger partial charge in [-0.25, -0.2) is 4.39 Å². The number of amides is 1. The number of halogens is 1. The molecule has 20 heavy (non-hydrogen) atoms. The van der Waals surface area contributed by atoms with E-state index >= 15 is 0 Å². The van der Waals surface area contributed by atoms with Crippen LogP contribution in [0.25, 0.3) is 0 Å². The second kappa shape index (κ2) is 6.25. The minimum atomic E-state index is -0.288. The molecular weight excluding hydrogens is 257 g/mol. The smallest absolute Gasteiger partial charge is 0.222 e. The minimum absolute atomic E-state index is 0.160. The molecule has 0 spiro atoms. The van der Waals surface area contributed by atoms with Gasteiger partial charge in [0.2, 0.25) is 5.91 Å². The van der Waals surface area contributed by atoms with Crippen LogP contribution in [0.3, 0.4) is 0 Å². The van der Waals surface area contributed by atoms with Crippen LogP contribution in [0.5, 0.6) is 5.75 Å². The van der Waals surface area contributed by atoms with Crippen molar-refractivity contribution in [3.63, 3.8) is 0 Å². The highest BCUT2D eigenvalue weighted by atomic mass is 19.1. The number of ether oxygens (including phenoxy) is 1. The van der Waals surface area contributed by atoms with Crippen molar-refractivity contribution in [1.29, 1.82) is 0 Å². The first kappa shape index (κ1) is 14.8. The minimum Gasteiger partial charge on any atom is -0.493 e. The summed E-state index contributed by atoms with van der Waals surface area (Å²) in [5.41, 5.74) is 1.01. The number of nitrogens with zero attached hydrogens (tertiary/aromatic N) is 1. The fourth-order valence-electron chi connectivity index (χ4n) is 2.47. The number of hydrogen-bond acceptors (Lipinski definition) is 2. The maximum Gasteiger partial charge on any atom is 0.222 e. The molecule has 0 N–H and O–H groups in total. The molecule has 1 aromatic rings. The van der Waals surface area contributed by atoms with E-state index < -0.39 is 0 Å². The molecule has 0 aromatic heterocycles. The highest BCUT2D eigenvalue weighted by Crippen LogP contribution is 2.28. The summed E-state index contributed by atoms with van der Waals surface area (Å²) in [6.07, 6.45) is 1.46. The van der Waals surface area contributed by atoms with Gasteiger partial charge in [0.1, 0.15) is 11.6 Å². The molecule has 0 aliphatic carbocycles. The quantitative estimate of drug-likeness (QED) is 0.847. The van der Waals surface area contributed by atoms with Crippen LogP contribution in [0.15, 0.2) is 18.2 Å². The molecule has 0 saturated carbocycles. The summed E-state index contributed by atoms with van der Waals surface area (Å²) in [5, 5.41) is 0. The van der Waals surface area contributed by atoms with Gasteiger partial charge in [0, 0.05) is 32.0 Å². The van der Waals surface area contributed by atoms with Crippen LogP contribution in [0, 0.1) is 11.7 Å². The third-order valence-electron chi connectivity index (χ3n) is 3.83. The third-order valence-corrected chi connectivity index (χ3v) is 3.83. The lowest BCUT2D eigenvalue weighted by Crippen LogP contribution is -2.37. The SMILES string of the molecule is CC(C)c1ccc(F)cc1OCC1CCN(C)C(=O)C1. The Kier molecular flexibility index (Phi) is 4.63. The molecule has 1 aliphatic heterocycles. The van der Waals surface area contributed by atoms with E-state index in [2.05, 4.69) is 13.8 Å². The van der Waals surface area contributed by atoms with Gasteiger partial charge in [-0.2, -0.15) is 0 Å². The van der Waals surface area contributed by atoms with Gasteiger partial charge in [-0.3, -0.25) is 4.79 Å². The van der Waals surface area contributed by atoms with Crippen LogP contribution in [-0.2, 0) is 4.79 Å². The van der Waals surface area contributed by atoms with Crippen molar-refractivity contribution >= 4 is 5.91 Å². The maximum atomic E-state index is 13.3. The van der Waals surface area contributed by atoms with Crippen molar-refractivity contribution in [2.45, 2.75) is 32.6 Å². The maximum absolute atomic E-state index is 13.3. The van der Waals surface area contributed by atoms with E-state index in [1.54, 1.807) is 11.0 Å². The zero-order chi connectivity index (χ0) is 14.7. The fourth-order valence-corrected chi connectivity index (χ4v) is 2.47. The topological polar surface area (TPSA) is 29.5 Å². The van der Waals surface area contributed by atoms with Crippen molar-refractivity contribution in [3.8, 4) is 5.75 Å². The first-order chi connectivity index (χ1) is 9.47. The molecule has 1 aromatic carbocycles. The van der Waals surface area contributed by atoms with E-state index in [1.165, 1.54) is 12.1 Å². The van der Waals surface area contributed by atoms with Crippen LogP contribution in [-0.4, -0.2) is 31.0 Å². The molecule has 3 nitrogen and oxygen atoms in total. The predicted octanol–water partition coefficient (Wildman–Crippen LogP) is 3.20. The first-order valence-corrected chi connectivity index (χ1v) is 7.13. The largest absolute Gasteiger partial charge is 0.493 e. The molecule has 110 valence electrons. The lowest BCUT2D eigenvalue weighted by Gasteiger charge is -2.29. The molecule has 4 heteroatoms. The number of carbonyl (C=O) groups is 1. The number of likely N-dealkylation sites (tertiary alicyclic amines) is 1. The normalized spacial score (nSPS) is 19.6. The summed E-state index contributed by atoms with van der Waals surface area (Å²) in [6, 6.07) is 4.67. The number of rotatable bonds is 4. The molecule has 2 rings (SSSR count). The van der Waals surface area contributed by atoms with Crippen molar-refractivity contribution in [2.75, 3.05) is 20.2 Å². The van der Waals surface area contributed by atoms with Gasteiger partial charge in [-0.1, -0.05) is 19.9 Å². The zero-order valence-corrected chi connectivity index (χ0v) is 12.4. The molecule has 1 atom stereocenters. The summed E-state index contributed by atoms with van der Waals surface area (Å²) in [6.45, 7) is 5.36. The molecule has 0 bridgehead atoms. The van der Waals surface area contributed by atoms with Crippen molar-refractivity contribution in [3.05, 3.63) is 29.6 Å². The van der Waals surface area contributed by atoms with Crippen LogP contribution < -0.4 is 4.74 Å². The predicted molar refractivity (Wildman–Crippen MR) is 76.3 cm³/mol. The third kappa shape index (κ3) is 3.50. The van der Waals surface area contributed by atoms with E-state index in [9.17, 15) is 9.18 Å². The van der Waals surface area contributed by atoms with Gasteiger partial charge in [0.15, 0.2) is 0 Å². The van der Waals surface area contributed by atoms with Crippen LogP contribution >= 0.6 is 0 Å². The second-order valence-electron chi connectivity index (χ2n) is 5.82. The Morgan fingerprint density at radius 3 is 2.85 bits per heavy atom. The zero-order valence-electron chi connectivity index (χ0n) is 12.4. The van der Waals surface area contributed by atoms with Gasteiger partial charge >= 0.3 is 0 Å². The van der Waals surface area contributed by atoms with Gasteiger partial charge in [0.25, 0.3) is 0 Å². The molecular formula is C16H22FNO2. The average molecular weight is 279 g/mol. The molecule has 1 aliphatic rings. The van der Waals surface area contributed by atoms with Crippen molar-refractivity contribution in [1.82, 2.24) is 4.90 Å². The Bertz CT molecular complexity index is 487. The Morgan fingerprint density at radius 2 is 2.20 bits per heavy atom. The van der Waals surface area contributed by atoms with Gasteiger partial charge < -0.3 is 9.64 Å². The van der Waals surface area contributed by atoms with Crippen LogP contribution in [0.1, 0.15) is 38.2 Å². The Balaban J connectivity index is 2.00. The van der Waals surface area contributed by atoms with E-state index in [-0.39, 0.29) is 23.6 Å². The van der Waals surface area contributed by atoms with E-state index in [1.807, 2.05) is 7.05 Å². The molecule has 1 fully saturated rings. The van der Waals surface area contributed by atoms with Gasteiger partial charge in [0.05, 0.1) is 6.61 Å². The summed E-state index contributed by atoms with van der Waals surface area (Å²) >= 11 is 0. The summed E-state index contributed by atoms with van der Waals surface area (Å²) in [7, 11) is 1.82. The number of carbonyl (C=O) groups excluding carboxylic acids is 1. The summed E-state index contributed by atoms with van der Waals surface area (Å²) < 4.78 is 19.1. The standard InChI is InChI=1S/C16H22FNO2/c1-11(2)14-5-4-13(17)9-15(14)20-10-12-6-7-18(3)16(19)8-12/h4-5,9,11-12H,6-8,10H2,1-3H3. The first-order valence-electron chi connectivity index (χ1n) is 7.13. The average Bonchev–Trinajstić information content (AvgIpc) is 2.40. The van der Waals surface area contributed by atoms with Crippen LogP contribution in [0.2, 0.25) is 0 Å². The fraction of sp³-hybridized carbons (Fsp3) is 0.562. The molecule has 1 unspecified atom stereocenters. The molecule has 0 radical (unpaired) electrons. The lowest BCUT2D eigenvalue weighted by molar-refractivity contribution is -0.133. The monoisotopic (exact) mass is 279 g/mol. The van der Waals surface area contributed by atoms with E-state index in [4.69, 9.17) is 4.74 Å². The van der Waals surface area contributed by atoms with Gasteiger partial charge in [-0.05, 0) is 24.0 Å². The molecule has 1 amide bonds. The van der Waals surface area contributed by atoms with Gasteiger partial charge in [-0.15, -0.1) is 0 Å². The van der Waals surface area contributed by atoms with Crippen molar-refractivity contribution < 1.29 is 13.9 Å². The second-order valence-corrected chi connectivity index (χ2v) is 5.82. The highest BCUT2D eigenvalue weighted by molar-refractivity contribution is 5.76. The van der Waals surface area contributed by atoms with Crippen LogP contribution in [0.4, 0.5) is 4.39 Å². The highest BCUT2D eigenvalue weighted by Gasteiger charge is 2.24. The Labute approximate surface area is 119 Å². The van der Waals surface area contributed by atoms with Crippen molar-refractivity contribution in [2.24, 2.45) is 5.92 Å². The number of benzene rings is 1.